The van der Waals surface area contributed by atoms with Crippen LogP contribution in [0.25, 0.3) is 0 Å². The van der Waals surface area contributed by atoms with E-state index in [1.165, 1.54) is 6.92 Å². The number of carbonyl (C=O) groups is 4. The van der Waals surface area contributed by atoms with Gasteiger partial charge >= 0.3 is 5.97 Å². The molecule has 2 amide bonds. The van der Waals surface area contributed by atoms with Crippen LogP contribution in [0, 0.1) is 0 Å². The van der Waals surface area contributed by atoms with Crippen molar-refractivity contribution in [3.8, 4) is 0 Å². The van der Waals surface area contributed by atoms with Crippen LogP contribution in [-0.2, 0) is 19.2 Å². The third-order valence-corrected chi connectivity index (χ3v) is 3.25. The van der Waals surface area contributed by atoms with Gasteiger partial charge in [0.2, 0.25) is 11.8 Å². The molecule has 0 aliphatic carbocycles. The maximum Gasteiger partial charge on any atom is 0.305 e. The summed E-state index contributed by atoms with van der Waals surface area (Å²) in [6, 6.07) is -3.66. The molecule has 0 aromatic heterocycles. The lowest BCUT2D eigenvalue weighted by atomic mass is 10.1. The topological polar surface area (TPSA) is 223 Å². The molecule has 0 radical (unpaired) electrons. The van der Waals surface area contributed by atoms with Crippen molar-refractivity contribution in [2.75, 3.05) is 6.54 Å². The summed E-state index contributed by atoms with van der Waals surface area (Å²) in [6.45, 7) is 1.52. The van der Waals surface area contributed by atoms with Crippen molar-refractivity contribution >= 4 is 30.0 Å². The van der Waals surface area contributed by atoms with Crippen molar-refractivity contribution < 1.29 is 29.4 Å². The fourth-order valence-corrected chi connectivity index (χ4v) is 1.91. The molecule has 0 spiro atoms. The minimum Gasteiger partial charge on any atom is -0.481 e. The highest BCUT2D eigenvalue weighted by atomic mass is 16.4. The van der Waals surface area contributed by atoms with E-state index in [0.717, 1.165) is 0 Å². The van der Waals surface area contributed by atoms with E-state index in [1.54, 1.807) is 0 Å². The van der Waals surface area contributed by atoms with Gasteiger partial charge in [-0.15, -0.1) is 0 Å². The van der Waals surface area contributed by atoms with Crippen LogP contribution in [0.5, 0.6) is 0 Å². The zero-order valence-electron chi connectivity index (χ0n) is 14.4. The minimum atomic E-state index is -1.40. The maximum absolute atomic E-state index is 12.2. The van der Waals surface area contributed by atoms with E-state index in [-0.39, 0.29) is 18.9 Å². The molecule has 0 fully saturated rings. The Hall–Kier alpha value is -2.73. The summed E-state index contributed by atoms with van der Waals surface area (Å²) in [7, 11) is 0. The van der Waals surface area contributed by atoms with Gasteiger partial charge in [0.15, 0.2) is 5.96 Å². The molecule has 0 aliphatic rings. The fraction of sp³-hybridized carbons (Fsp3) is 0.643. The molecule has 0 aliphatic heterocycles. The quantitative estimate of drug-likeness (QED) is 0.0773. The molecule has 26 heavy (non-hydrogen) atoms. The van der Waals surface area contributed by atoms with Gasteiger partial charge in [0.1, 0.15) is 12.3 Å². The Kier molecular flexibility index (Phi) is 10.5. The van der Waals surface area contributed by atoms with Gasteiger partial charge in [-0.05, 0) is 19.8 Å². The van der Waals surface area contributed by atoms with E-state index < -0.39 is 48.4 Å². The van der Waals surface area contributed by atoms with Crippen LogP contribution in [0.3, 0.4) is 0 Å². The SMILES string of the molecule is C[C@@H](O)[C@H](NC(=O)[C@@H](N)CC(=O)O)C(=O)N[C@H](C=O)CCCN=C(N)N. The van der Waals surface area contributed by atoms with Crippen LogP contribution >= 0.6 is 0 Å². The lowest BCUT2D eigenvalue weighted by molar-refractivity contribution is -0.140. The Morgan fingerprint density at radius 1 is 1.19 bits per heavy atom. The zero-order chi connectivity index (χ0) is 20.3. The number of amides is 2. The number of carboxylic acids is 1. The molecular formula is C14H26N6O6. The van der Waals surface area contributed by atoms with E-state index in [0.29, 0.717) is 12.7 Å². The minimum absolute atomic E-state index is 0.0914. The number of aliphatic hydroxyl groups is 1. The van der Waals surface area contributed by atoms with E-state index in [9.17, 15) is 24.3 Å². The summed E-state index contributed by atoms with van der Waals surface area (Å²) >= 11 is 0. The largest absolute Gasteiger partial charge is 0.481 e. The maximum atomic E-state index is 12.2. The monoisotopic (exact) mass is 374 g/mol. The number of hydrogen-bond acceptors (Lipinski definition) is 7. The highest BCUT2D eigenvalue weighted by Crippen LogP contribution is 2.00. The number of aliphatic imine (C=N–C) groups is 1. The van der Waals surface area contributed by atoms with Gasteiger partial charge in [0.05, 0.1) is 24.6 Å². The van der Waals surface area contributed by atoms with Crippen LogP contribution in [0.1, 0.15) is 26.2 Å². The predicted octanol–water partition coefficient (Wildman–Crippen LogP) is -3.61. The standard InChI is InChI=1S/C14H26N6O6/c1-7(22)11(20-12(25)9(15)5-10(23)24)13(26)19-8(6-21)3-2-4-18-14(16)17/h6-9,11,22H,2-5,15H2,1H3,(H,19,26)(H,20,25)(H,23,24)(H4,16,17,18)/t7-,8+,9+,11+/m1/s1. The van der Waals surface area contributed by atoms with Crippen molar-refractivity contribution in [1.29, 1.82) is 0 Å². The average Bonchev–Trinajstić information content (AvgIpc) is 2.53. The molecule has 0 saturated carbocycles. The van der Waals surface area contributed by atoms with E-state index in [1.807, 2.05) is 0 Å². The number of nitrogens with two attached hydrogens (primary N) is 3. The number of hydrogen-bond donors (Lipinski definition) is 7. The second-order valence-electron chi connectivity index (χ2n) is 5.63. The molecule has 12 heteroatoms. The first-order valence-electron chi connectivity index (χ1n) is 7.85. The Bertz CT molecular complexity index is 534. The number of nitrogens with one attached hydrogen (secondary N) is 2. The van der Waals surface area contributed by atoms with E-state index in [4.69, 9.17) is 22.3 Å². The summed E-state index contributed by atoms with van der Waals surface area (Å²) in [5.41, 5.74) is 15.7. The van der Waals surface area contributed by atoms with Gasteiger partial charge < -0.3 is 42.8 Å². The molecule has 0 unspecified atom stereocenters. The zero-order valence-corrected chi connectivity index (χ0v) is 14.4. The molecule has 12 nitrogen and oxygen atoms in total. The van der Waals surface area contributed by atoms with Crippen molar-refractivity contribution in [3.05, 3.63) is 0 Å². The lowest BCUT2D eigenvalue weighted by Gasteiger charge is -2.24. The number of rotatable bonds is 12. The average molecular weight is 374 g/mol. The number of nitrogens with zero attached hydrogens (tertiary/aromatic N) is 1. The molecule has 0 aromatic rings. The lowest BCUT2D eigenvalue weighted by Crippen LogP contribution is -2.57. The van der Waals surface area contributed by atoms with Crippen molar-refractivity contribution in [1.82, 2.24) is 10.6 Å². The summed E-state index contributed by atoms with van der Waals surface area (Å²) in [4.78, 5) is 49.4. The number of carbonyl (C=O) groups excluding carboxylic acids is 3. The molecule has 0 aromatic carbocycles. The number of aliphatic carboxylic acids is 1. The summed E-state index contributed by atoms with van der Waals surface area (Å²) in [5.74, 6) is -3.10. The summed E-state index contributed by atoms with van der Waals surface area (Å²) in [6.07, 6.45) is -0.779. The molecular weight excluding hydrogens is 348 g/mol. The number of aliphatic hydroxyl groups excluding tert-OH is 1. The Balaban J connectivity index is 4.74. The Morgan fingerprint density at radius 3 is 2.27 bits per heavy atom. The number of aldehydes is 1. The Morgan fingerprint density at radius 2 is 1.81 bits per heavy atom. The third-order valence-electron chi connectivity index (χ3n) is 3.25. The number of guanidine groups is 1. The fourth-order valence-electron chi connectivity index (χ4n) is 1.91. The normalized spacial score (nSPS) is 15.0. The van der Waals surface area contributed by atoms with Crippen LogP contribution in [-0.4, -0.2) is 71.0 Å². The molecule has 4 atom stereocenters. The predicted molar refractivity (Wildman–Crippen MR) is 91.7 cm³/mol. The molecule has 0 heterocycles. The van der Waals surface area contributed by atoms with Crippen LogP contribution in [0.15, 0.2) is 4.99 Å². The molecule has 148 valence electrons. The first-order chi connectivity index (χ1) is 12.1. The van der Waals surface area contributed by atoms with Gasteiger partial charge in [-0.3, -0.25) is 19.4 Å². The van der Waals surface area contributed by atoms with Crippen LogP contribution in [0.4, 0.5) is 0 Å². The van der Waals surface area contributed by atoms with E-state index >= 15 is 0 Å². The van der Waals surface area contributed by atoms with Gasteiger partial charge in [-0.25, -0.2) is 0 Å². The first-order valence-corrected chi connectivity index (χ1v) is 7.85. The van der Waals surface area contributed by atoms with Gasteiger partial charge in [0, 0.05) is 6.54 Å². The Labute approximate surface area is 150 Å². The van der Waals surface area contributed by atoms with Crippen molar-refractivity contribution in [3.63, 3.8) is 0 Å². The van der Waals surface area contributed by atoms with Gasteiger partial charge in [0.25, 0.3) is 0 Å². The van der Waals surface area contributed by atoms with Crippen molar-refractivity contribution in [2.24, 2.45) is 22.2 Å². The van der Waals surface area contributed by atoms with E-state index in [2.05, 4.69) is 15.6 Å². The molecule has 10 N–H and O–H groups in total. The molecule has 0 rings (SSSR count). The second kappa shape index (κ2) is 11.8. The van der Waals surface area contributed by atoms with Gasteiger partial charge in [-0.1, -0.05) is 0 Å². The highest BCUT2D eigenvalue weighted by molar-refractivity contribution is 5.92. The smallest absolute Gasteiger partial charge is 0.305 e. The summed E-state index contributed by atoms with van der Waals surface area (Å²) in [5, 5.41) is 22.9. The molecule has 0 bridgehead atoms. The second-order valence-corrected chi connectivity index (χ2v) is 5.63. The van der Waals surface area contributed by atoms with Gasteiger partial charge in [-0.2, -0.15) is 0 Å². The third kappa shape index (κ3) is 9.54. The first kappa shape index (κ1) is 23.3. The summed E-state index contributed by atoms with van der Waals surface area (Å²) < 4.78 is 0. The number of carboxylic acid groups (broad SMARTS) is 1. The van der Waals surface area contributed by atoms with Crippen LogP contribution < -0.4 is 27.8 Å². The van der Waals surface area contributed by atoms with Crippen molar-refractivity contribution in [2.45, 2.75) is 50.4 Å². The molecule has 0 saturated heterocycles. The van der Waals surface area contributed by atoms with Crippen LogP contribution in [0.2, 0.25) is 0 Å². The highest BCUT2D eigenvalue weighted by Gasteiger charge is 2.29.